The molecule has 0 aromatic heterocycles. The maximum atomic E-state index is 13.1. The van der Waals surface area contributed by atoms with E-state index in [2.05, 4.69) is 4.90 Å². The summed E-state index contributed by atoms with van der Waals surface area (Å²) in [6.07, 6.45) is 0. The first-order valence-electron chi connectivity index (χ1n) is 7.62. The van der Waals surface area contributed by atoms with Gasteiger partial charge in [-0.25, -0.2) is 13.2 Å². The van der Waals surface area contributed by atoms with E-state index in [1.54, 1.807) is 13.8 Å². The zero-order valence-electron chi connectivity index (χ0n) is 14.2. The SMILES string of the molecule is Cc1cc(C(=O)O)cc(S(=O)(=O)N2C[C@@H](C)N(C)C[C@@H]2C)c1C. The van der Waals surface area contributed by atoms with Crippen molar-refractivity contribution in [3.63, 3.8) is 0 Å². The fourth-order valence-electron chi connectivity index (χ4n) is 2.95. The number of nitrogens with zero attached hydrogens (tertiary/aromatic N) is 2. The summed E-state index contributed by atoms with van der Waals surface area (Å²) in [5, 5.41) is 9.21. The zero-order valence-corrected chi connectivity index (χ0v) is 15.0. The first-order valence-corrected chi connectivity index (χ1v) is 9.06. The maximum Gasteiger partial charge on any atom is 0.335 e. The molecule has 128 valence electrons. The Morgan fingerprint density at radius 2 is 1.78 bits per heavy atom. The highest BCUT2D eigenvalue weighted by Gasteiger charge is 2.36. The lowest BCUT2D eigenvalue weighted by atomic mass is 10.1. The number of piperazine rings is 1. The Hall–Kier alpha value is -1.44. The van der Waals surface area contributed by atoms with Crippen LogP contribution in [-0.4, -0.2) is 60.9 Å². The van der Waals surface area contributed by atoms with Crippen LogP contribution in [0, 0.1) is 13.8 Å². The minimum absolute atomic E-state index is 0.00139. The summed E-state index contributed by atoms with van der Waals surface area (Å²) in [6.45, 7) is 8.37. The second kappa shape index (κ2) is 6.22. The molecule has 1 saturated heterocycles. The van der Waals surface area contributed by atoms with Crippen LogP contribution >= 0.6 is 0 Å². The number of aromatic carboxylic acids is 1. The molecule has 1 aliphatic rings. The molecule has 1 aromatic rings. The molecule has 6 nitrogen and oxygen atoms in total. The molecule has 1 N–H and O–H groups in total. The summed E-state index contributed by atoms with van der Waals surface area (Å²) in [4.78, 5) is 13.5. The summed E-state index contributed by atoms with van der Waals surface area (Å²) in [6, 6.07) is 2.74. The standard InChI is InChI=1S/C16H24N2O4S/c1-10-6-14(16(19)20)7-15(13(10)4)23(21,22)18-9-11(2)17(5)8-12(18)3/h6-7,11-12H,8-9H2,1-5H3,(H,19,20)/t11-,12+/m1/s1. The van der Waals surface area contributed by atoms with Crippen LogP contribution in [0.25, 0.3) is 0 Å². The smallest absolute Gasteiger partial charge is 0.335 e. The van der Waals surface area contributed by atoms with Gasteiger partial charge in [0.25, 0.3) is 0 Å². The molecule has 0 amide bonds. The predicted octanol–water partition coefficient (Wildman–Crippen LogP) is 1.71. The van der Waals surface area contributed by atoms with Gasteiger partial charge in [-0.3, -0.25) is 0 Å². The van der Waals surface area contributed by atoms with Gasteiger partial charge in [0.05, 0.1) is 10.5 Å². The van der Waals surface area contributed by atoms with Gasteiger partial charge in [-0.15, -0.1) is 0 Å². The number of carboxylic acids is 1. The number of hydrogen-bond donors (Lipinski definition) is 1. The lowest BCUT2D eigenvalue weighted by Gasteiger charge is -2.41. The molecular weight excluding hydrogens is 316 g/mol. The summed E-state index contributed by atoms with van der Waals surface area (Å²) in [5.74, 6) is -1.12. The second-order valence-electron chi connectivity index (χ2n) is 6.43. The van der Waals surface area contributed by atoms with Crippen LogP contribution in [0.3, 0.4) is 0 Å². The monoisotopic (exact) mass is 340 g/mol. The average Bonchev–Trinajstić information content (AvgIpc) is 2.44. The molecule has 0 unspecified atom stereocenters. The quantitative estimate of drug-likeness (QED) is 0.906. The van der Waals surface area contributed by atoms with Crippen molar-refractivity contribution in [2.24, 2.45) is 0 Å². The van der Waals surface area contributed by atoms with Gasteiger partial charge in [0.2, 0.25) is 10.0 Å². The van der Waals surface area contributed by atoms with E-state index in [9.17, 15) is 18.3 Å². The van der Waals surface area contributed by atoms with Gasteiger partial charge in [-0.05, 0) is 58.0 Å². The maximum absolute atomic E-state index is 13.1. The minimum Gasteiger partial charge on any atom is -0.478 e. The molecular formula is C16H24N2O4S. The second-order valence-corrected chi connectivity index (χ2v) is 8.29. The highest BCUT2D eigenvalue weighted by Crippen LogP contribution is 2.28. The first-order chi connectivity index (χ1) is 10.6. The third-order valence-corrected chi connectivity index (χ3v) is 6.80. The molecule has 1 heterocycles. The Balaban J connectivity index is 2.53. The average molecular weight is 340 g/mol. The van der Waals surface area contributed by atoms with Crippen LogP contribution < -0.4 is 0 Å². The van der Waals surface area contributed by atoms with E-state index in [0.717, 1.165) is 0 Å². The van der Waals surface area contributed by atoms with Crippen LogP contribution in [0.1, 0.15) is 35.3 Å². The van der Waals surface area contributed by atoms with Crippen molar-refractivity contribution in [1.29, 1.82) is 0 Å². The number of benzene rings is 1. The van der Waals surface area contributed by atoms with Gasteiger partial charge in [0.1, 0.15) is 0 Å². The van der Waals surface area contributed by atoms with Crippen LogP contribution in [0.5, 0.6) is 0 Å². The van der Waals surface area contributed by atoms with Crippen LogP contribution in [-0.2, 0) is 10.0 Å². The summed E-state index contributed by atoms with van der Waals surface area (Å²) >= 11 is 0. The summed E-state index contributed by atoms with van der Waals surface area (Å²) < 4.78 is 27.7. The number of sulfonamides is 1. The van der Waals surface area contributed by atoms with Crippen LogP contribution in [0.2, 0.25) is 0 Å². The van der Waals surface area contributed by atoms with Crippen LogP contribution in [0.15, 0.2) is 17.0 Å². The first kappa shape index (κ1) is 17.9. The van der Waals surface area contributed by atoms with Gasteiger partial charge in [0, 0.05) is 25.2 Å². The Morgan fingerprint density at radius 3 is 2.35 bits per heavy atom. The number of carboxylic acid groups (broad SMARTS) is 1. The van der Waals surface area contributed by atoms with Crippen molar-refractivity contribution in [2.75, 3.05) is 20.1 Å². The molecule has 0 saturated carbocycles. The van der Waals surface area contributed by atoms with Crippen molar-refractivity contribution in [3.8, 4) is 0 Å². The van der Waals surface area contributed by atoms with Gasteiger partial charge in [-0.2, -0.15) is 4.31 Å². The number of likely N-dealkylation sites (N-methyl/N-ethyl adjacent to an activating group) is 1. The molecule has 1 fully saturated rings. The van der Waals surface area contributed by atoms with Gasteiger partial charge in [-0.1, -0.05) is 0 Å². The Kier molecular flexibility index (Phi) is 4.84. The third kappa shape index (κ3) is 3.27. The van der Waals surface area contributed by atoms with Crippen LogP contribution in [0.4, 0.5) is 0 Å². The zero-order chi connectivity index (χ0) is 17.5. The fraction of sp³-hybridized carbons (Fsp3) is 0.562. The van der Waals surface area contributed by atoms with Crippen molar-refractivity contribution >= 4 is 16.0 Å². The minimum atomic E-state index is -3.73. The molecule has 23 heavy (non-hydrogen) atoms. The van der Waals surface area contributed by atoms with E-state index in [1.165, 1.54) is 16.4 Å². The Labute approximate surface area is 137 Å². The number of hydrogen-bond acceptors (Lipinski definition) is 4. The van der Waals surface area contributed by atoms with Crippen molar-refractivity contribution in [3.05, 3.63) is 28.8 Å². The normalized spacial score (nSPS) is 23.9. The summed E-state index contributed by atoms with van der Waals surface area (Å²) in [7, 11) is -1.76. The van der Waals surface area contributed by atoms with Crippen molar-refractivity contribution < 1.29 is 18.3 Å². The van der Waals surface area contributed by atoms with Crippen molar-refractivity contribution in [1.82, 2.24) is 9.21 Å². The van der Waals surface area contributed by atoms with E-state index in [0.29, 0.717) is 24.2 Å². The molecule has 0 spiro atoms. The lowest BCUT2D eigenvalue weighted by Crippen LogP contribution is -2.56. The summed E-state index contributed by atoms with van der Waals surface area (Å²) in [5.41, 5.74) is 1.27. The number of rotatable bonds is 3. The highest BCUT2D eigenvalue weighted by atomic mass is 32.2. The Morgan fingerprint density at radius 1 is 1.17 bits per heavy atom. The molecule has 1 aromatic carbocycles. The Bertz CT molecular complexity index is 730. The predicted molar refractivity (Wildman–Crippen MR) is 88.3 cm³/mol. The van der Waals surface area contributed by atoms with E-state index in [1.807, 2.05) is 20.9 Å². The molecule has 2 rings (SSSR count). The van der Waals surface area contributed by atoms with E-state index >= 15 is 0 Å². The number of carbonyl (C=O) groups is 1. The lowest BCUT2D eigenvalue weighted by molar-refractivity contribution is 0.0696. The van der Waals surface area contributed by atoms with Gasteiger partial charge in [0.15, 0.2) is 0 Å². The molecule has 2 atom stereocenters. The third-order valence-electron chi connectivity index (χ3n) is 4.69. The number of aryl methyl sites for hydroxylation is 1. The molecule has 0 bridgehead atoms. The van der Waals surface area contributed by atoms with E-state index in [4.69, 9.17) is 0 Å². The van der Waals surface area contributed by atoms with Crippen molar-refractivity contribution in [2.45, 2.75) is 44.7 Å². The molecule has 1 aliphatic heterocycles. The topological polar surface area (TPSA) is 77.9 Å². The fourth-order valence-corrected chi connectivity index (χ4v) is 4.98. The van der Waals surface area contributed by atoms with Gasteiger partial charge >= 0.3 is 5.97 Å². The highest BCUT2D eigenvalue weighted by molar-refractivity contribution is 7.89. The van der Waals surface area contributed by atoms with Gasteiger partial charge < -0.3 is 10.0 Å². The molecule has 0 aliphatic carbocycles. The van der Waals surface area contributed by atoms with E-state index < -0.39 is 16.0 Å². The largest absolute Gasteiger partial charge is 0.478 e. The molecule has 0 radical (unpaired) electrons. The molecule has 7 heteroatoms. The van der Waals surface area contributed by atoms with E-state index in [-0.39, 0.29) is 22.5 Å².